The number of fused-ring (bicyclic) bond motifs is 2. The van der Waals surface area contributed by atoms with Crippen LogP contribution in [0.2, 0.25) is 0 Å². The summed E-state index contributed by atoms with van der Waals surface area (Å²) in [6, 6.07) is 14.4. The number of amides is 1. The first-order chi connectivity index (χ1) is 14.1. The number of benzene rings is 2. The zero-order valence-corrected chi connectivity index (χ0v) is 16.3. The molecule has 0 radical (unpaired) electrons. The molecule has 29 heavy (non-hydrogen) atoms. The summed E-state index contributed by atoms with van der Waals surface area (Å²) in [7, 11) is 0. The van der Waals surface area contributed by atoms with Gasteiger partial charge in [-0.3, -0.25) is 15.1 Å². The number of carboxylic acid groups (broad SMARTS) is 1. The van der Waals surface area contributed by atoms with E-state index in [0.717, 1.165) is 16.5 Å². The quantitative estimate of drug-likeness (QED) is 0.764. The minimum Gasteiger partial charge on any atom is -0.482 e. The third-order valence-electron chi connectivity index (χ3n) is 4.34. The molecular formula is C20H18N4O4S. The highest BCUT2D eigenvalue weighted by atomic mass is 32.2. The number of ether oxygens (including phenoxy) is 1. The molecule has 2 N–H and O–H groups in total. The van der Waals surface area contributed by atoms with E-state index in [1.54, 1.807) is 29.3 Å². The van der Waals surface area contributed by atoms with Gasteiger partial charge in [-0.05, 0) is 29.5 Å². The minimum atomic E-state index is -1.04. The fraction of sp³-hybridized carbons (Fsp3) is 0.200. The molecule has 8 nitrogen and oxygen atoms in total. The van der Waals surface area contributed by atoms with E-state index in [-0.39, 0.29) is 5.91 Å². The molecule has 2 aliphatic heterocycles. The highest BCUT2D eigenvalue weighted by Gasteiger charge is 2.34. The highest BCUT2D eigenvalue weighted by molar-refractivity contribution is 8.13. The predicted molar refractivity (Wildman–Crippen MR) is 108 cm³/mol. The molecule has 148 valence electrons. The Morgan fingerprint density at radius 3 is 2.72 bits per heavy atom. The topological polar surface area (TPSA) is 104 Å². The van der Waals surface area contributed by atoms with E-state index in [1.807, 2.05) is 31.2 Å². The first kappa shape index (κ1) is 19.0. The second kappa shape index (κ2) is 7.96. The molecule has 1 unspecified atom stereocenters. The zero-order chi connectivity index (χ0) is 20.4. The van der Waals surface area contributed by atoms with Crippen molar-refractivity contribution in [1.82, 2.24) is 10.3 Å². The van der Waals surface area contributed by atoms with E-state index in [2.05, 4.69) is 10.4 Å². The number of carbonyl (C=O) groups excluding carboxylic acids is 1. The van der Waals surface area contributed by atoms with Crippen LogP contribution in [0.5, 0.6) is 5.75 Å². The lowest BCUT2D eigenvalue weighted by Gasteiger charge is -2.34. The second-order valence-corrected chi connectivity index (χ2v) is 7.51. The summed E-state index contributed by atoms with van der Waals surface area (Å²) >= 11 is 1.45. The van der Waals surface area contributed by atoms with Crippen molar-refractivity contribution in [3.63, 3.8) is 0 Å². The number of nitrogens with zero attached hydrogens (tertiary/aromatic N) is 3. The number of carbonyl (C=O) groups is 2. The van der Waals surface area contributed by atoms with Crippen LogP contribution in [-0.4, -0.2) is 39.5 Å². The SMILES string of the molecule is CCSC1=NN2C(=c3ccccc3=NC2c2ccc(OCC(=O)O)cc2)C(=O)N1. The number of rotatable bonds is 5. The van der Waals surface area contributed by atoms with Gasteiger partial charge in [0.15, 0.2) is 17.9 Å². The molecule has 4 rings (SSSR count). The fourth-order valence-corrected chi connectivity index (χ4v) is 3.71. The predicted octanol–water partition coefficient (Wildman–Crippen LogP) is 1.05. The van der Waals surface area contributed by atoms with Gasteiger partial charge in [-0.1, -0.05) is 49.0 Å². The maximum absolute atomic E-state index is 12.9. The third kappa shape index (κ3) is 3.81. The summed E-state index contributed by atoms with van der Waals surface area (Å²) in [6.07, 6.45) is -0.521. The number of para-hydroxylation sites is 1. The lowest BCUT2D eigenvalue weighted by atomic mass is 10.1. The molecule has 0 saturated carbocycles. The fourth-order valence-electron chi connectivity index (χ4n) is 3.13. The largest absolute Gasteiger partial charge is 0.482 e. The zero-order valence-electron chi connectivity index (χ0n) is 15.5. The van der Waals surface area contributed by atoms with Crippen LogP contribution in [0.4, 0.5) is 0 Å². The average Bonchev–Trinajstić information content (AvgIpc) is 2.72. The van der Waals surface area contributed by atoms with Gasteiger partial charge in [0.2, 0.25) is 0 Å². The van der Waals surface area contributed by atoms with Gasteiger partial charge in [0, 0.05) is 5.22 Å². The number of amidine groups is 1. The number of hydrogen-bond donors (Lipinski definition) is 2. The molecule has 9 heteroatoms. The first-order valence-corrected chi connectivity index (χ1v) is 9.99. The summed E-state index contributed by atoms with van der Waals surface area (Å²) in [5, 5.41) is 19.8. The Labute approximate surface area is 170 Å². The van der Waals surface area contributed by atoms with Gasteiger partial charge in [0.25, 0.3) is 5.91 Å². The Hall–Kier alpha value is -3.33. The van der Waals surface area contributed by atoms with Crippen molar-refractivity contribution in [3.05, 3.63) is 64.7 Å². The first-order valence-electron chi connectivity index (χ1n) is 9.00. The van der Waals surface area contributed by atoms with Crippen LogP contribution in [-0.2, 0) is 9.59 Å². The molecule has 2 aromatic rings. The molecular weight excluding hydrogens is 392 g/mol. The lowest BCUT2D eigenvalue weighted by Crippen LogP contribution is -2.50. The van der Waals surface area contributed by atoms with Crippen LogP contribution < -0.4 is 20.6 Å². The second-order valence-electron chi connectivity index (χ2n) is 6.26. The van der Waals surface area contributed by atoms with Crippen molar-refractivity contribution in [2.24, 2.45) is 10.1 Å². The van der Waals surface area contributed by atoms with E-state index in [4.69, 9.17) is 14.8 Å². The van der Waals surface area contributed by atoms with Crippen LogP contribution in [0, 0.1) is 0 Å². The molecule has 0 aliphatic carbocycles. The highest BCUT2D eigenvalue weighted by Crippen LogP contribution is 2.31. The Morgan fingerprint density at radius 2 is 2.00 bits per heavy atom. The van der Waals surface area contributed by atoms with E-state index in [9.17, 15) is 9.59 Å². The lowest BCUT2D eigenvalue weighted by molar-refractivity contribution is -0.139. The van der Waals surface area contributed by atoms with Crippen molar-refractivity contribution in [2.75, 3.05) is 12.4 Å². The van der Waals surface area contributed by atoms with E-state index < -0.39 is 18.7 Å². The Bertz CT molecular complexity index is 1110. The number of thioether (sulfide) groups is 1. The third-order valence-corrected chi connectivity index (χ3v) is 5.08. The van der Waals surface area contributed by atoms with E-state index >= 15 is 0 Å². The number of nitrogens with one attached hydrogen (secondary N) is 1. The van der Waals surface area contributed by atoms with Crippen molar-refractivity contribution < 1.29 is 19.4 Å². The van der Waals surface area contributed by atoms with Crippen LogP contribution in [0.25, 0.3) is 5.70 Å². The molecule has 2 heterocycles. The van der Waals surface area contributed by atoms with Gasteiger partial charge in [-0.15, -0.1) is 5.10 Å². The maximum atomic E-state index is 12.9. The molecule has 1 amide bonds. The molecule has 0 aromatic heterocycles. The Kier molecular flexibility index (Phi) is 5.22. The Balaban J connectivity index is 1.77. The van der Waals surface area contributed by atoms with Crippen LogP contribution in [0.3, 0.4) is 0 Å². The smallest absolute Gasteiger partial charge is 0.341 e. The summed E-state index contributed by atoms with van der Waals surface area (Å²) in [5.41, 5.74) is 1.26. The van der Waals surface area contributed by atoms with Crippen molar-refractivity contribution in [1.29, 1.82) is 0 Å². The number of hydrogen-bond acceptors (Lipinski definition) is 7. The van der Waals surface area contributed by atoms with Crippen LogP contribution >= 0.6 is 11.8 Å². The summed E-state index contributed by atoms with van der Waals surface area (Å²) in [5.74, 6) is -0.0405. The minimum absolute atomic E-state index is 0.218. The number of aliphatic carboxylic acids is 1. The average molecular weight is 410 g/mol. The monoisotopic (exact) mass is 410 g/mol. The molecule has 1 atom stereocenters. The van der Waals surface area contributed by atoms with Gasteiger partial charge < -0.3 is 9.84 Å². The normalized spacial score (nSPS) is 17.5. The van der Waals surface area contributed by atoms with E-state index in [0.29, 0.717) is 22.0 Å². The van der Waals surface area contributed by atoms with Crippen molar-refractivity contribution >= 4 is 34.5 Å². The summed E-state index contributed by atoms with van der Waals surface area (Å²) in [4.78, 5) is 28.3. The number of hydrazone groups is 1. The summed E-state index contributed by atoms with van der Waals surface area (Å²) < 4.78 is 5.19. The van der Waals surface area contributed by atoms with Crippen molar-refractivity contribution in [3.8, 4) is 5.75 Å². The molecule has 2 aromatic carbocycles. The molecule has 0 fully saturated rings. The molecule has 0 bridgehead atoms. The standard InChI is InChI=1S/C20H18N4O4S/c1-2-29-20-22-19(27)17-14-5-3-4-6-15(14)21-18(24(17)23-20)12-7-9-13(10-8-12)28-11-16(25)26/h3-10,18H,2,11H2,1H3,(H,25,26)(H,22,23,27). The van der Waals surface area contributed by atoms with Crippen LogP contribution in [0.1, 0.15) is 18.7 Å². The Morgan fingerprint density at radius 1 is 1.24 bits per heavy atom. The van der Waals surface area contributed by atoms with Crippen molar-refractivity contribution in [2.45, 2.75) is 13.1 Å². The van der Waals surface area contributed by atoms with Gasteiger partial charge >= 0.3 is 5.97 Å². The molecule has 2 aliphatic rings. The number of carboxylic acids is 1. The molecule has 0 saturated heterocycles. The summed E-state index contributed by atoms with van der Waals surface area (Å²) in [6.45, 7) is 1.58. The van der Waals surface area contributed by atoms with Gasteiger partial charge in [0.1, 0.15) is 11.4 Å². The van der Waals surface area contributed by atoms with Gasteiger partial charge in [-0.25, -0.2) is 9.80 Å². The van der Waals surface area contributed by atoms with Crippen LogP contribution in [0.15, 0.2) is 58.6 Å². The van der Waals surface area contributed by atoms with E-state index in [1.165, 1.54) is 11.8 Å². The maximum Gasteiger partial charge on any atom is 0.341 e. The molecule has 0 spiro atoms. The van der Waals surface area contributed by atoms with Gasteiger partial charge in [0.05, 0.1) is 5.36 Å². The van der Waals surface area contributed by atoms with Gasteiger partial charge in [-0.2, -0.15) is 0 Å².